The van der Waals surface area contributed by atoms with E-state index in [-0.39, 0.29) is 30.3 Å². The highest BCUT2D eigenvalue weighted by Crippen LogP contribution is 2.46. The van der Waals surface area contributed by atoms with Gasteiger partial charge in [0.15, 0.2) is 8.32 Å². The van der Waals surface area contributed by atoms with E-state index in [9.17, 15) is 9.90 Å². The van der Waals surface area contributed by atoms with E-state index in [1.807, 2.05) is 25.2 Å². The van der Waals surface area contributed by atoms with Gasteiger partial charge in [0.05, 0.1) is 6.10 Å². The summed E-state index contributed by atoms with van der Waals surface area (Å²) in [6.45, 7) is 5.99. The lowest BCUT2D eigenvalue weighted by Crippen LogP contribution is -2.48. The summed E-state index contributed by atoms with van der Waals surface area (Å²) in [5.41, 5.74) is 1.04. The van der Waals surface area contributed by atoms with Crippen molar-refractivity contribution in [3.05, 3.63) is 27.3 Å². The van der Waals surface area contributed by atoms with E-state index in [1.165, 1.54) is 0 Å². The molecule has 4 atom stereocenters. The summed E-state index contributed by atoms with van der Waals surface area (Å²) in [6, 6.07) is 6.09. The minimum atomic E-state index is -2.45. The topological polar surface area (TPSA) is 58.9 Å². The lowest BCUT2D eigenvalue weighted by atomic mass is 9.86. The van der Waals surface area contributed by atoms with Crippen molar-refractivity contribution in [3.63, 3.8) is 0 Å². The molecule has 1 aliphatic heterocycles. The Hall–Kier alpha value is -0.153. The van der Waals surface area contributed by atoms with Crippen molar-refractivity contribution in [2.24, 2.45) is 5.92 Å². The number of benzene rings is 1. The molecule has 1 aromatic rings. The molecule has 0 aliphatic carbocycles. The number of aliphatic hydroxyl groups is 1. The lowest BCUT2D eigenvalue weighted by Gasteiger charge is -2.43. The minimum Gasteiger partial charge on any atom is -0.490 e. The molecule has 0 aromatic heterocycles. The number of rotatable bonds is 5. The highest BCUT2D eigenvalue weighted by atomic mass is 127. The van der Waals surface area contributed by atoms with Crippen LogP contribution in [0.3, 0.4) is 0 Å². The third-order valence-electron chi connectivity index (χ3n) is 4.54. The normalized spacial score (nSPS) is 26.2. The molecule has 0 bridgehead atoms. The first-order valence-corrected chi connectivity index (χ1v) is 11.7. The monoisotopic (exact) mass is 436 g/mol. The molecule has 124 valence electrons. The fraction of sp³-hybridized carbons (Fsp3) is 0.625. The molecular weight excluding hydrogens is 411 g/mol. The summed E-state index contributed by atoms with van der Waals surface area (Å²) < 4.78 is 13.1. The van der Waals surface area contributed by atoms with Crippen LogP contribution in [0.25, 0.3) is 0 Å². The number of ether oxygens (including phenoxy) is 2. The van der Waals surface area contributed by atoms with E-state index in [1.54, 1.807) is 7.11 Å². The van der Waals surface area contributed by atoms with Gasteiger partial charge in [-0.3, -0.25) is 0 Å². The number of methoxy groups -OCH3 is 1. The van der Waals surface area contributed by atoms with E-state index in [0.717, 1.165) is 14.9 Å². The van der Waals surface area contributed by atoms with Crippen LogP contribution in [0.15, 0.2) is 18.2 Å². The van der Waals surface area contributed by atoms with Crippen LogP contribution >= 0.6 is 22.6 Å². The smallest absolute Gasteiger partial charge is 0.189 e. The van der Waals surface area contributed by atoms with Gasteiger partial charge in [0.2, 0.25) is 0 Å². The Labute approximate surface area is 147 Å². The van der Waals surface area contributed by atoms with Crippen molar-refractivity contribution in [3.8, 4) is 5.75 Å². The quantitative estimate of drug-likeness (QED) is 0.549. The first kappa shape index (κ1) is 18.2. The average Bonchev–Trinajstić information content (AvgIpc) is 2.43. The molecular formula is C16H25IO4Si. The van der Waals surface area contributed by atoms with Crippen LogP contribution in [0.4, 0.5) is 0 Å². The second-order valence-corrected chi connectivity index (χ2v) is 11.8. The molecule has 2 rings (SSSR count). The van der Waals surface area contributed by atoms with Crippen molar-refractivity contribution < 1.29 is 19.4 Å². The first-order chi connectivity index (χ1) is 10.3. The SMILES string of the molecule is CO[C@@H]1c2cc(I)ccc2O[C@H](C(CCO)[Si](C)(C)O)[C@H]1C. The zero-order valence-electron chi connectivity index (χ0n) is 13.5. The molecule has 1 aromatic carbocycles. The average molecular weight is 436 g/mol. The zero-order valence-corrected chi connectivity index (χ0v) is 16.7. The molecule has 0 saturated carbocycles. The van der Waals surface area contributed by atoms with Gasteiger partial charge in [-0.1, -0.05) is 6.92 Å². The van der Waals surface area contributed by atoms with Gasteiger partial charge >= 0.3 is 0 Å². The molecule has 0 radical (unpaired) electrons. The Morgan fingerprint density at radius 3 is 2.64 bits per heavy atom. The van der Waals surface area contributed by atoms with Gasteiger partial charge in [-0.2, -0.15) is 0 Å². The van der Waals surface area contributed by atoms with E-state index in [2.05, 4.69) is 35.6 Å². The molecule has 2 N–H and O–H groups in total. The highest BCUT2D eigenvalue weighted by Gasteiger charge is 2.45. The predicted octanol–water partition coefficient (Wildman–Crippen LogP) is 3.33. The van der Waals surface area contributed by atoms with Gasteiger partial charge in [-0.05, 0) is 60.3 Å². The largest absolute Gasteiger partial charge is 0.490 e. The summed E-state index contributed by atoms with van der Waals surface area (Å²) in [5, 5.41) is 9.39. The van der Waals surface area contributed by atoms with Gasteiger partial charge in [0, 0.05) is 34.3 Å². The van der Waals surface area contributed by atoms with Crippen LogP contribution in [0.2, 0.25) is 18.6 Å². The second kappa shape index (κ2) is 7.17. The fourth-order valence-corrected chi connectivity index (χ4v) is 5.93. The maximum absolute atomic E-state index is 10.6. The van der Waals surface area contributed by atoms with Crippen molar-refractivity contribution in [1.82, 2.24) is 0 Å². The summed E-state index contributed by atoms with van der Waals surface area (Å²) in [6.07, 6.45) is 0.360. The van der Waals surface area contributed by atoms with E-state index >= 15 is 0 Å². The number of halogens is 1. The van der Waals surface area contributed by atoms with Gasteiger partial charge < -0.3 is 19.4 Å². The summed E-state index contributed by atoms with van der Waals surface area (Å²) >= 11 is 2.29. The number of hydrogen-bond acceptors (Lipinski definition) is 4. The fourth-order valence-electron chi connectivity index (χ4n) is 3.41. The molecule has 0 saturated heterocycles. The Bertz CT molecular complexity index is 517. The molecule has 6 heteroatoms. The van der Waals surface area contributed by atoms with Gasteiger partial charge in [0.25, 0.3) is 0 Å². The van der Waals surface area contributed by atoms with E-state index in [4.69, 9.17) is 9.47 Å². The van der Waals surface area contributed by atoms with Crippen LogP contribution in [0.5, 0.6) is 5.75 Å². The molecule has 1 heterocycles. The lowest BCUT2D eigenvalue weighted by molar-refractivity contribution is -0.0256. The number of hydrogen-bond donors (Lipinski definition) is 2. The van der Waals surface area contributed by atoms with Gasteiger partial charge in [-0.25, -0.2) is 0 Å². The number of aliphatic hydroxyl groups excluding tert-OH is 1. The van der Waals surface area contributed by atoms with E-state index in [0.29, 0.717) is 6.42 Å². The molecule has 0 amide bonds. The maximum atomic E-state index is 10.6. The molecule has 1 aliphatic rings. The molecule has 4 nitrogen and oxygen atoms in total. The van der Waals surface area contributed by atoms with Crippen LogP contribution in [0.1, 0.15) is 25.0 Å². The maximum Gasteiger partial charge on any atom is 0.189 e. The Kier molecular flexibility index (Phi) is 5.93. The zero-order chi connectivity index (χ0) is 16.5. The van der Waals surface area contributed by atoms with Crippen LogP contribution in [0, 0.1) is 9.49 Å². The third-order valence-corrected chi connectivity index (χ3v) is 7.64. The van der Waals surface area contributed by atoms with Crippen molar-refractivity contribution >= 4 is 30.9 Å². The Morgan fingerprint density at radius 2 is 2.09 bits per heavy atom. The Balaban J connectivity index is 2.41. The first-order valence-electron chi connectivity index (χ1n) is 7.61. The van der Waals surface area contributed by atoms with Crippen LogP contribution < -0.4 is 4.74 Å². The second-order valence-electron chi connectivity index (χ2n) is 6.55. The molecule has 1 unspecified atom stereocenters. The van der Waals surface area contributed by atoms with Gasteiger partial charge in [0.1, 0.15) is 11.9 Å². The summed E-state index contributed by atoms with van der Waals surface area (Å²) in [7, 11) is -0.735. The minimum absolute atomic E-state index is 0.0300. The number of fused-ring (bicyclic) bond motifs is 1. The molecule has 0 fully saturated rings. The summed E-state index contributed by atoms with van der Waals surface area (Å²) in [4.78, 5) is 10.6. The highest BCUT2D eigenvalue weighted by molar-refractivity contribution is 14.1. The van der Waals surface area contributed by atoms with Crippen molar-refractivity contribution in [2.45, 2.75) is 44.2 Å². The predicted molar refractivity (Wildman–Crippen MR) is 97.6 cm³/mol. The van der Waals surface area contributed by atoms with Crippen LogP contribution in [-0.4, -0.2) is 38.0 Å². The summed E-state index contributed by atoms with van der Waals surface area (Å²) in [5.74, 6) is 0.947. The Morgan fingerprint density at radius 1 is 1.41 bits per heavy atom. The molecule has 0 spiro atoms. The standard InChI is InChI=1S/C16H25IO4Si/c1-10-15(20-2)12-9-11(17)5-6-13(12)21-16(10)14(7-8-18)22(3,4)19/h5-6,9-10,14-16,18-19H,7-8H2,1-4H3/t10-,14?,15-,16-/m0/s1. The van der Waals surface area contributed by atoms with Crippen LogP contribution in [-0.2, 0) is 4.74 Å². The van der Waals surface area contributed by atoms with Gasteiger partial charge in [-0.15, -0.1) is 0 Å². The van der Waals surface area contributed by atoms with Crippen molar-refractivity contribution in [1.29, 1.82) is 0 Å². The molecule has 22 heavy (non-hydrogen) atoms. The van der Waals surface area contributed by atoms with E-state index < -0.39 is 8.32 Å². The third kappa shape index (κ3) is 3.67. The van der Waals surface area contributed by atoms with Crippen molar-refractivity contribution in [2.75, 3.05) is 13.7 Å².